The van der Waals surface area contributed by atoms with Crippen LogP contribution < -0.4 is 10.5 Å². The van der Waals surface area contributed by atoms with Crippen molar-refractivity contribution in [2.75, 3.05) is 18.8 Å². The third-order valence-corrected chi connectivity index (χ3v) is 7.50. The van der Waals surface area contributed by atoms with Gasteiger partial charge in [0, 0.05) is 47.2 Å². The fourth-order valence-corrected chi connectivity index (χ4v) is 5.46. The molecule has 0 aliphatic carbocycles. The minimum Gasteiger partial charge on any atom is -0.478 e. The molecular formula is C28H30Cl2FN5O4. The molecule has 1 fully saturated rings. The van der Waals surface area contributed by atoms with Crippen LogP contribution in [0.25, 0.3) is 22.1 Å². The van der Waals surface area contributed by atoms with Gasteiger partial charge in [-0.25, -0.2) is 14.2 Å². The van der Waals surface area contributed by atoms with E-state index in [1.807, 2.05) is 31.6 Å². The zero-order valence-electron chi connectivity index (χ0n) is 22.6. The van der Waals surface area contributed by atoms with Crippen LogP contribution in [0.15, 0.2) is 41.4 Å². The summed E-state index contributed by atoms with van der Waals surface area (Å²) >= 11 is 12.5. The molecule has 0 bridgehead atoms. The molecule has 5 rings (SSSR count). The Morgan fingerprint density at radius 3 is 2.65 bits per heavy atom. The van der Waals surface area contributed by atoms with Crippen molar-refractivity contribution < 1.29 is 23.1 Å². The quantitative estimate of drug-likeness (QED) is 0.241. The summed E-state index contributed by atoms with van der Waals surface area (Å²) in [6.45, 7) is 8.44. The Morgan fingerprint density at radius 2 is 1.95 bits per heavy atom. The first kappa shape index (κ1) is 28.0. The van der Waals surface area contributed by atoms with E-state index in [1.54, 1.807) is 30.5 Å². The average molecular weight is 590 g/mol. The molecule has 212 valence electrons. The second kappa shape index (κ2) is 10.8. The number of hydrogen-bond donors (Lipinski definition) is 1. The maximum Gasteiger partial charge on any atom is 0.410 e. The first-order chi connectivity index (χ1) is 18.9. The number of likely N-dealkylation sites (tertiary alicyclic amines) is 1. The first-order valence-corrected chi connectivity index (χ1v) is 13.7. The number of pyridine rings is 1. The number of benzene rings is 1. The largest absolute Gasteiger partial charge is 0.478 e. The predicted octanol–water partition coefficient (Wildman–Crippen LogP) is 7.43. The van der Waals surface area contributed by atoms with Crippen molar-refractivity contribution in [1.29, 1.82) is 0 Å². The minimum atomic E-state index is -0.742. The van der Waals surface area contributed by atoms with Gasteiger partial charge in [-0.05, 0) is 52.7 Å². The van der Waals surface area contributed by atoms with Gasteiger partial charge in [0.2, 0.25) is 5.75 Å². The second-order valence-electron chi connectivity index (χ2n) is 10.8. The molecule has 9 nitrogen and oxygen atoms in total. The van der Waals surface area contributed by atoms with E-state index in [9.17, 15) is 9.18 Å². The first-order valence-electron chi connectivity index (χ1n) is 12.9. The van der Waals surface area contributed by atoms with E-state index >= 15 is 0 Å². The number of piperidine rings is 1. The minimum absolute atomic E-state index is 0.108. The molecule has 4 heterocycles. The summed E-state index contributed by atoms with van der Waals surface area (Å²) < 4.78 is 33.5. The maximum absolute atomic E-state index is 14.1. The van der Waals surface area contributed by atoms with Crippen LogP contribution in [-0.4, -0.2) is 44.4 Å². The molecule has 1 aliphatic heterocycles. The summed E-state index contributed by atoms with van der Waals surface area (Å²) in [5.74, 6) is -0.292. The molecule has 12 heteroatoms. The lowest BCUT2D eigenvalue weighted by Gasteiger charge is -2.33. The predicted molar refractivity (Wildman–Crippen MR) is 151 cm³/mol. The smallest absolute Gasteiger partial charge is 0.410 e. The fourth-order valence-electron chi connectivity index (χ4n) is 4.78. The van der Waals surface area contributed by atoms with Crippen molar-refractivity contribution in [2.24, 2.45) is 0 Å². The number of fused-ring (bicyclic) bond motifs is 1. The van der Waals surface area contributed by atoms with Gasteiger partial charge in [-0.1, -0.05) is 23.2 Å². The third-order valence-electron chi connectivity index (χ3n) is 6.78. The monoisotopic (exact) mass is 589 g/mol. The van der Waals surface area contributed by atoms with Gasteiger partial charge in [0.1, 0.15) is 23.8 Å². The number of ether oxygens (including phenoxy) is 2. The van der Waals surface area contributed by atoms with Gasteiger partial charge in [0.25, 0.3) is 0 Å². The summed E-state index contributed by atoms with van der Waals surface area (Å²) in [7, 11) is 0. The van der Waals surface area contributed by atoms with Crippen molar-refractivity contribution in [1.82, 2.24) is 19.7 Å². The highest BCUT2D eigenvalue weighted by Crippen LogP contribution is 2.41. The van der Waals surface area contributed by atoms with Crippen molar-refractivity contribution >= 4 is 46.1 Å². The van der Waals surface area contributed by atoms with E-state index in [2.05, 4.69) is 10.1 Å². The zero-order valence-corrected chi connectivity index (χ0v) is 24.1. The van der Waals surface area contributed by atoms with Crippen LogP contribution in [-0.2, 0) is 4.74 Å². The van der Waals surface area contributed by atoms with Gasteiger partial charge in [0.15, 0.2) is 11.4 Å². The number of rotatable bonds is 5. The molecule has 0 saturated carbocycles. The Bertz CT molecular complexity index is 1560. The number of anilines is 1. The van der Waals surface area contributed by atoms with Crippen molar-refractivity contribution in [3.8, 4) is 16.9 Å². The number of halogens is 3. The van der Waals surface area contributed by atoms with E-state index in [1.165, 1.54) is 12.1 Å². The molecular weight excluding hydrogens is 560 g/mol. The molecule has 1 aliphatic rings. The number of hydrogen-bond acceptors (Lipinski definition) is 7. The van der Waals surface area contributed by atoms with Gasteiger partial charge in [-0.15, -0.1) is 0 Å². The Balaban J connectivity index is 1.35. The van der Waals surface area contributed by atoms with Gasteiger partial charge in [-0.2, -0.15) is 5.10 Å². The SMILES string of the molecule is CC(Oc1c(N)ncc2c(-c3cnn(C4CCN(C(=O)OC(C)(C)C)CC4)c3)coc12)c1c(Cl)ccc(F)c1Cl. The number of amides is 1. The van der Waals surface area contributed by atoms with Crippen LogP contribution in [0.5, 0.6) is 5.75 Å². The van der Waals surface area contributed by atoms with Crippen molar-refractivity contribution in [3.63, 3.8) is 0 Å². The molecule has 3 aromatic heterocycles. The number of aromatic nitrogens is 3. The normalized spacial score (nSPS) is 15.4. The topological polar surface area (TPSA) is 109 Å². The van der Waals surface area contributed by atoms with Crippen LogP contribution in [0.4, 0.5) is 15.0 Å². The summed E-state index contributed by atoms with van der Waals surface area (Å²) in [6.07, 6.45) is 7.39. The van der Waals surface area contributed by atoms with E-state index in [4.69, 9.17) is 42.8 Å². The van der Waals surface area contributed by atoms with Crippen LogP contribution >= 0.6 is 23.2 Å². The highest BCUT2D eigenvalue weighted by molar-refractivity contribution is 6.36. The van der Waals surface area contributed by atoms with Gasteiger partial charge >= 0.3 is 6.09 Å². The number of furan rings is 1. The third kappa shape index (κ3) is 5.55. The highest BCUT2D eigenvalue weighted by Gasteiger charge is 2.28. The van der Waals surface area contributed by atoms with Crippen LogP contribution in [0.3, 0.4) is 0 Å². The van der Waals surface area contributed by atoms with Gasteiger partial charge < -0.3 is 24.5 Å². The van der Waals surface area contributed by atoms with E-state index < -0.39 is 17.5 Å². The lowest BCUT2D eigenvalue weighted by molar-refractivity contribution is 0.0185. The Kier molecular flexibility index (Phi) is 7.58. The molecule has 4 aromatic rings. The molecule has 0 spiro atoms. The summed E-state index contributed by atoms with van der Waals surface area (Å²) in [4.78, 5) is 18.4. The van der Waals surface area contributed by atoms with Crippen LogP contribution in [0, 0.1) is 5.82 Å². The van der Waals surface area contributed by atoms with Crippen LogP contribution in [0.2, 0.25) is 10.0 Å². The molecule has 1 aromatic carbocycles. The number of carbonyl (C=O) groups is 1. The molecule has 40 heavy (non-hydrogen) atoms. The second-order valence-corrected chi connectivity index (χ2v) is 11.6. The maximum atomic E-state index is 14.1. The molecule has 2 N–H and O–H groups in total. The number of nitrogen functional groups attached to an aromatic ring is 1. The molecule has 0 radical (unpaired) electrons. The lowest BCUT2D eigenvalue weighted by atomic mass is 10.1. The Morgan fingerprint density at radius 1 is 1.23 bits per heavy atom. The van der Waals surface area contributed by atoms with Gasteiger partial charge in [0.05, 0.1) is 22.6 Å². The van der Waals surface area contributed by atoms with Crippen molar-refractivity contribution in [3.05, 3.63) is 58.4 Å². The van der Waals surface area contributed by atoms with E-state index in [0.29, 0.717) is 29.6 Å². The number of nitrogens with zero attached hydrogens (tertiary/aromatic N) is 4. The molecule has 1 amide bonds. The Labute approximate surface area is 240 Å². The standard InChI is InChI=1S/C28H30Cl2FN5O4/c1-15(22-20(29)5-6-21(31)23(22)30)39-25-24-18(12-33-26(25)32)19(14-38-24)16-11-34-36(13-16)17-7-9-35(10-8-17)27(37)40-28(2,3)4/h5-6,11-15,17H,7-10H2,1-4H3,(H2,32,33). The Hall–Kier alpha value is -3.50. The highest BCUT2D eigenvalue weighted by atomic mass is 35.5. The summed E-state index contributed by atoms with van der Waals surface area (Å²) in [5, 5.41) is 5.40. The van der Waals surface area contributed by atoms with Gasteiger partial charge in [-0.3, -0.25) is 4.68 Å². The number of carbonyl (C=O) groups excluding carboxylic acids is 1. The van der Waals surface area contributed by atoms with Crippen LogP contribution in [0.1, 0.15) is 58.2 Å². The summed E-state index contributed by atoms with van der Waals surface area (Å²) in [5.41, 5.74) is 7.89. The van der Waals surface area contributed by atoms with Crippen molar-refractivity contribution in [2.45, 2.75) is 58.3 Å². The van der Waals surface area contributed by atoms with E-state index in [0.717, 1.165) is 24.0 Å². The summed E-state index contributed by atoms with van der Waals surface area (Å²) in [6, 6.07) is 2.75. The fraction of sp³-hybridized carbons (Fsp3) is 0.393. The molecule has 1 atom stereocenters. The zero-order chi connectivity index (χ0) is 28.8. The number of nitrogens with two attached hydrogens (primary N) is 1. The molecule has 1 unspecified atom stereocenters. The average Bonchev–Trinajstić information content (AvgIpc) is 3.55. The van der Waals surface area contributed by atoms with E-state index in [-0.39, 0.29) is 33.7 Å². The lowest BCUT2D eigenvalue weighted by Crippen LogP contribution is -2.42. The molecule has 1 saturated heterocycles.